The number of nitrogen functional groups attached to an aromatic ring is 1. The maximum absolute atomic E-state index is 6.09. The van der Waals surface area contributed by atoms with Gasteiger partial charge in [-0.25, -0.2) is 0 Å². The maximum Gasteiger partial charge on any atom is 0.116 e. The number of fused-ring (bicyclic) bond motifs is 1. The summed E-state index contributed by atoms with van der Waals surface area (Å²) in [5, 5.41) is 2.44. The van der Waals surface area contributed by atoms with Crippen LogP contribution in [0.3, 0.4) is 0 Å². The Morgan fingerprint density at radius 2 is 2.06 bits per heavy atom. The SMILES string of the molecule is C=CC[C@@H]1Cc2c(N)cccc2[C@@H](CC=C)[NH2+]1. The molecule has 1 aliphatic rings. The van der Waals surface area contributed by atoms with Gasteiger partial charge >= 0.3 is 0 Å². The second-order valence-corrected chi connectivity index (χ2v) is 4.73. The molecule has 1 aliphatic heterocycles. The first-order chi connectivity index (χ1) is 8.26. The molecular weight excluding hydrogens is 208 g/mol. The van der Waals surface area contributed by atoms with Crippen molar-refractivity contribution in [2.45, 2.75) is 31.3 Å². The van der Waals surface area contributed by atoms with E-state index in [4.69, 9.17) is 5.73 Å². The summed E-state index contributed by atoms with van der Waals surface area (Å²) in [4.78, 5) is 0. The largest absolute Gasteiger partial charge is 0.398 e. The molecule has 0 spiro atoms. The molecule has 0 saturated carbocycles. The molecule has 0 aliphatic carbocycles. The molecule has 90 valence electrons. The van der Waals surface area contributed by atoms with Gasteiger partial charge in [0.05, 0.1) is 6.04 Å². The van der Waals surface area contributed by atoms with Gasteiger partial charge in [-0.15, -0.1) is 13.2 Å². The highest BCUT2D eigenvalue weighted by atomic mass is 15.0. The summed E-state index contributed by atoms with van der Waals surface area (Å²) < 4.78 is 0. The van der Waals surface area contributed by atoms with E-state index in [1.54, 1.807) is 0 Å². The molecule has 1 aromatic carbocycles. The van der Waals surface area contributed by atoms with Crippen molar-refractivity contribution in [1.29, 1.82) is 0 Å². The van der Waals surface area contributed by atoms with E-state index in [9.17, 15) is 0 Å². The zero-order valence-corrected chi connectivity index (χ0v) is 10.2. The normalized spacial score (nSPS) is 22.8. The molecule has 2 nitrogen and oxygen atoms in total. The van der Waals surface area contributed by atoms with Crippen molar-refractivity contribution in [3.8, 4) is 0 Å². The predicted molar refractivity (Wildman–Crippen MR) is 72.6 cm³/mol. The lowest BCUT2D eigenvalue weighted by atomic mass is 9.86. The minimum atomic E-state index is 0.463. The Kier molecular flexibility index (Phi) is 3.64. The van der Waals surface area contributed by atoms with E-state index in [0.717, 1.165) is 24.9 Å². The van der Waals surface area contributed by atoms with Gasteiger partial charge in [-0.1, -0.05) is 24.3 Å². The van der Waals surface area contributed by atoms with Crippen LogP contribution in [0.5, 0.6) is 0 Å². The lowest BCUT2D eigenvalue weighted by Crippen LogP contribution is -2.92. The van der Waals surface area contributed by atoms with Crippen molar-refractivity contribution in [3.63, 3.8) is 0 Å². The fraction of sp³-hybridized carbons (Fsp3) is 0.333. The highest BCUT2D eigenvalue weighted by Gasteiger charge is 2.29. The Hall–Kier alpha value is -1.54. The van der Waals surface area contributed by atoms with E-state index in [-0.39, 0.29) is 0 Å². The molecule has 4 N–H and O–H groups in total. The molecule has 17 heavy (non-hydrogen) atoms. The van der Waals surface area contributed by atoms with Gasteiger partial charge in [-0.3, -0.25) is 0 Å². The van der Waals surface area contributed by atoms with Crippen molar-refractivity contribution in [2.24, 2.45) is 0 Å². The first-order valence-corrected chi connectivity index (χ1v) is 6.20. The maximum atomic E-state index is 6.09. The van der Waals surface area contributed by atoms with Crippen molar-refractivity contribution < 1.29 is 5.32 Å². The second kappa shape index (κ2) is 5.19. The third-order valence-corrected chi connectivity index (χ3v) is 3.51. The quantitative estimate of drug-likeness (QED) is 0.601. The first-order valence-electron chi connectivity index (χ1n) is 6.20. The van der Waals surface area contributed by atoms with Crippen LogP contribution in [0.4, 0.5) is 5.69 Å². The van der Waals surface area contributed by atoms with Crippen molar-refractivity contribution in [1.82, 2.24) is 0 Å². The van der Waals surface area contributed by atoms with Crippen LogP contribution in [0.15, 0.2) is 43.5 Å². The summed E-state index contributed by atoms with van der Waals surface area (Å²) in [6, 6.07) is 7.27. The zero-order valence-electron chi connectivity index (χ0n) is 10.2. The fourth-order valence-corrected chi connectivity index (χ4v) is 2.73. The number of benzene rings is 1. The van der Waals surface area contributed by atoms with Gasteiger partial charge in [0.2, 0.25) is 0 Å². The number of hydrogen-bond acceptors (Lipinski definition) is 1. The summed E-state index contributed by atoms with van der Waals surface area (Å²) in [7, 11) is 0. The van der Waals surface area contributed by atoms with Gasteiger partial charge < -0.3 is 11.1 Å². The van der Waals surface area contributed by atoms with Crippen LogP contribution in [0.2, 0.25) is 0 Å². The van der Waals surface area contributed by atoms with E-state index in [2.05, 4.69) is 24.5 Å². The third kappa shape index (κ3) is 2.42. The number of nitrogens with two attached hydrogens (primary N) is 2. The molecule has 0 saturated heterocycles. The summed E-state index contributed by atoms with van der Waals surface area (Å²) >= 11 is 0. The van der Waals surface area contributed by atoms with Crippen LogP contribution >= 0.6 is 0 Å². The highest BCUT2D eigenvalue weighted by Crippen LogP contribution is 2.28. The average molecular weight is 229 g/mol. The molecule has 0 fully saturated rings. The van der Waals surface area contributed by atoms with Crippen molar-refractivity contribution in [2.75, 3.05) is 5.73 Å². The molecule has 2 rings (SSSR count). The average Bonchev–Trinajstić information content (AvgIpc) is 2.31. The molecule has 1 aromatic rings. The van der Waals surface area contributed by atoms with Crippen LogP contribution < -0.4 is 11.1 Å². The molecule has 0 bridgehead atoms. The monoisotopic (exact) mass is 229 g/mol. The van der Waals surface area contributed by atoms with E-state index in [0.29, 0.717) is 12.1 Å². The first kappa shape index (κ1) is 11.9. The lowest BCUT2D eigenvalue weighted by Gasteiger charge is -2.30. The number of rotatable bonds is 4. The number of hydrogen-bond donors (Lipinski definition) is 2. The van der Waals surface area contributed by atoms with E-state index >= 15 is 0 Å². The predicted octanol–water partition coefficient (Wildman–Crippen LogP) is 1.95. The Morgan fingerprint density at radius 1 is 1.29 bits per heavy atom. The Balaban J connectivity index is 2.34. The Bertz CT molecular complexity index is 423. The lowest BCUT2D eigenvalue weighted by molar-refractivity contribution is -0.730. The summed E-state index contributed by atoms with van der Waals surface area (Å²) in [6.45, 7) is 7.68. The van der Waals surface area contributed by atoms with Crippen molar-refractivity contribution in [3.05, 3.63) is 54.6 Å². The van der Waals surface area contributed by atoms with Crippen LogP contribution in [0, 0.1) is 0 Å². The molecule has 0 amide bonds. The molecule has 2 heteroatoms. The van der Waals surface area contributed by atoms with Crippen molar-refractivity contribution >= 4 is 5.69 Å². The van der Waals surface area contributed by atoms with Gasteiger partial charge in [-0.05, 0) is 11.6 Å². The highest BCUT2D eigenvalue weighted by molar-refractivity contribution is 5.52. The van der Waals surface area contributed by atoms with Crippen LogP contribution in [-0.2, 0) is 6.42 Å². The van der Waals surface area contributed by atoms with E-state index in [1.807, 2.05) is 24.3 Å². The van der Waals surface area contributed by atoms with Crippen LogP contribution in [0.1, 0.15) is 30.0 Å². The summed E-state index contributed by atoms with van der Waals surface area (Å²) in [6.07, 6.45) is 7.05. The minimum Gasteiger partial charge on any atom is -0.398 e. The third-order valence-electron chi connectivity index (χ3n) is 3.51. The number of anilines is 1. The van der Waals surface area contributed by atoms with Gasteiger partial charge in [0, 0.05) is 30.5 Å². The molecule has 2 atom stereocenters. The molecule has 0 radical (unpaired) electrons. The Morgan fingerprint density at radius 3 is 2.76 bits per heavy atom. The van der Waals surface area contributed by atoms with Gasteiger partial charge in [0.15, 0.2) is 0 Å². The molecular formula is C15H21N2+. The second-order valence-electron chi connectivity index (χ2n) is 4.73. The van der Waals surface area contributed by atoms with Gasteiger partial charge in [0.25, 0.3) is 0 Å². The molecule has 0 aromatic heterocycles. The van der Waals surface area contributed by atoms with E-state index < -0.39 is 0 Å². The van der Waals surface area contributed by atoms with Crippen LogP contribution in [-0.4, -0.2) is 6.04 Å². The standard InChI is InChI=1S/C15H20N2/c1-3-6-11-10-13-12(8-5-9-14(13)16)15(17-11)7-4-2/h3-5,8-9,11,15,17H,1-2,6-7,10,16H2/p+1/t11-,15-/m1/s1. The summed E-state index contributed by atoms with van der Waals surface area (Å²) in [5.74, 6) is 0. The summed E-state index contributed by atoms with van der Waals surface area (Å²) in [5.41, 5.74) is 9.73. The van der Waals surface area contributed by atoms with Gasteiger partial charge in [-0.2, -0.15) is 0 Å². The topological polar surface area (TPSA) is 42.6 Å². The smallest absolute Gasteiger partial charge is 0.116 e. The van der Waals surface area contributed by atoms with E-state index in [1.165, 1.54) is 11.1 Å². The number of quaternary nitrogens is 1. The minimum absolute atomic E-state index is 0.463. The fourth-order valence-electron chi connectivity index (χ4n) is 2.73. The molecule has 0 unspecified atom stereocenters. The van der Waals surface area contributed by atoms with Gasteiger partial charge in [0.1, 0.15) is 6.04 Å². The van der Waals surface area contributed by atoms with Crippen LogP contribution in [0.25, 0.3) is 0 Å². The molecule has 1 heterocycles. The Labute approximate surface area is 103 Å². The zero-order chi connectivity index (χ0) is 12.3.